The third-order valence-corrected chi connectivity index (χ3v) is 3.77. The molecule has 6 heteroatoms. The minimum atomic E-state index is -0.997. The second-order valence-electron chi connectivity index (χ2n) is 5.15. The highest BCUT2D eigenvalue weighted by Gasteiger charge is 2.35. The highest BCUT2D eigenvalue weighted by atomic mass is 16.5. The van der Waals surface area contributed by atoms with Gasteiger partial charge in [-0.3, -0.25) is 4.79 Å². The average molecular weight is 288 g/mol. The number of aliphatic hydroxyl groups is 3. The summed E-state index contributed by atoms with van der Waals surface area (Å²) in [4.78, 5) is 11.4. The Morgan fingerprint density at radius 1 is 1.15 bits per heavy atom. The van der Waals surface area contributed by atoms with Crippen molar-refractivity contribution in [2.45, 2.75) is 38.5 Å². The molecule has 0 aromatic rings. The summed E-state index contributed by atoms with van der Waals surface area (Å²) in [7, 11) is 0. The fourth-order valence-corrected chi connectivity index (χ4v) is 2.86. The smallest absolute Gasteiger partial charge is 0.311 e. The lowest BCUT2D eigenvalue weighted by atomic mass is 9.83. The van der Waals surface area contributed by atoms with Crippen molar-refractivity contribution in [3.05, 3.63) is 11.5 Å². The summed E-state index contributed by atoms with van der Waals surface area (Å²) < 4.78 is 5.10. The molecule has 1 aliphatic carbocycles. The first kappa shape index (κ1) is 16.8. The number of carbonyl (C=O) groups is 1. The Morgan fingerprint density at radius 2 is 1.80 bits per heavy atom. The monoisotopic (exact) mass is 288 g/mol. The third-order valence-electron chi connectivity index (χ3n) is 3.77. The molecule has 0 spiro atoms. The predicted molar refractivity (Wildman–Crippen MR) is 72.5 cm³/mol. The van der Waals surface area contributed by atoms with Crippen LogP contribution < -0.4 is 0 Å². The quantitative estimate of drug-likeness (QED) is 0.382. The van der Waals surface area contributed by atoms with E-state index in [9.17, 15) is 20.1 Å². The van der Waals surface area contributed by atoms with Gasteiger partial charge in [-0.05, 0) is 31.6 Å². The first-order valence-corrected chi connectivity index (χ1v) is 7.10. The summed E-state index contributed by atoms with van der Waals surface area (Å²) in [5.74, 6) is -2.70. The minimum Gasteiger partial charge on any atom is -0.481 e. The van der Waals surface area contributed by atoms with E-state index in [0.717, 1.165) is 25.7 Å². The summed E-state index contributed by atoms with van der Waals surface area (Å²) >= 11 is 0. The standard InChI is InChI=1S/C14H24O6/c15-7-9-20-8-3-6-11(13(16)17)12(14(18)19)10-4-1-2-5-10/h10,12,15-17H,1-9H2,(H,18,19)/t12-/m0/s1. The van der Waals surface area contributed by atoms with Gasteiger partial charge in [-0.2, -0.15) is 0 Å². The van der Waals surface area contributed by atoms with Gasteiger partial charge in [0.05, 0.1) is 19.1 Å². The van der Waals surface area contributed by atoms with Crippen molar-refractivity contribution < 1.29 is 30.0 Å². The molecule has 20 heavy (non-hydrogen) atoms. The van der Waals surface area contributed by atoms with Gasteiger partial charge in [-0.25, -0.2) is 0 Å². The molecule has 0 radical (unpaired) electrons. The van der Waals surface area contributed by atoms with Gasteiger partial charge < -0.3 is 25.2 Å². The van der Waals surface area contributed by atoms with Gasteiger partial charge in [0.2, 0.25) is 0 Å². The predicted octanol–water partition coefficient (Wildman–Crippen LogP) is 1.99. The molecule has 0 aromatic heterocycles. The number of carboxylic acids is 1. The summed E-state index contributed by atoms with van der Waals surface area (Å²) in [6, 6.07) is 0. The van der Waals surface area contributed by atoms with E-state index < -0.39 is 17.8 Å². The largest absolute Gasteiger partial charge is 0.481 e. The van der Waals surface area contributed by atoms with Crippen molar-refractivity contribution in [1.29, 1.82) is 0 Å². The molecule has 116 valence electrons. The summed E-state index contributed by atoms with van der Waals surface area (Å²) in [5.41, 5.74) is 0.192. The van der Waals surface area contributed by atoms with Crippen molar-refractivity contribution in [2.24, 2.45) is 11.8 Å². The number of ether oxygens (including phenoxy) is 1. The molecule has 4 N–H and O–H groups in total. The van der Waals surface area contributed by atoms with E-state index in [-0.39, 0.29) is 31.1 Å². The van der Waals surface area contributed by atoms with Crippen molar-refractivity contribution in [3.63, 3.8) is 0 Å². The van der Waals surface area contributed by atoms with E-state index in [1.165, 1.54) is 0 Å². The molecular weight excluding hydrogens is 264 g/mol. The Kier molecular flexibility index (Phi) is 7.40. The normalized spacial score (nSPS) is 17.1. The molecule has 1 atom stereocenters. The van der Waals surface area contributed by atoms with Crippen molar-refractivity contribution in [2.75, 3.05) is 19.8 Å². The van der Waals surface area contributed by atoms with Crippen molar-refractivity contribution >= 4 is 5.97 Å². The van der Waals surface area contributed by atoms with E-state index in [2.05, 4.69) is 0 Å². The average Bonchev–Trinajstić information content (AvgIpc) is 2.89. The number of aliphatic carboxylic acids is 1. The van der Waals surface area contributed by atoms with Crippen LogP contribution in [0.1, 0.15) is 38.5 Å². The van der Waals surface area contributed by atoms with Crippen LogP contribution in [0.4, 0.5) is 0 Å². The molecule has 1 saturated carbocycles. The zero-order chi connectivity index (χ0) is 15.0. The minimum absolute atomic E-state index is 0.0184. The number of hydrogen-bond donors (Lipinski definition) is 4. The molecule has 0 saturated heterocycles. The Hall–Kier alpha value is -1.27. The summed E-state index contributed by atoms with van der Waals surface area (Å²) in [6.07, 6.45) is 4.39. The molecule has 0 unspecified atom stereocenters. The lowest BCUT2D eigenvalue weighted by molar-refractivity contribution is -0.142. The Morgan fingerprint density at radius 3 is 2.30 bits per heavy atom. The maximum atomic E-state index is 11.4. The Balaban J connectivity index is 2.62. The zero-order valence-electron chi connectivity index (χ0n) is 11.6. The second-order valence-corrected chi connectivity index (χ2v) is 5.15. The van der Waals surface area contributed by atoms with E-state index in [1.807, 2.05) is 0 Å². The molecule has 1 fully saturated rings. The molecule has 0 amide bonds. The highest BCUT2D eigenvalue weighted by Crippen LogP contribution is 2.37. The molecule has 0 bridgehead atoms. The summed E-state index contributed by atoms with van der Waals surface area (Å²) in [6.45, 7) is 0.525. The van der Waals surface area contributed by atoms with Gasteiger partial charge in [0.25, 0.3) is 5.95 Å². The Bertz CT molecular complexity index is 329. The van der Waals surface area contributed by atoms with Crippen molar-refractivity contribution in [3.8, 4) is 0 Å². The number of hydrogen-bond acceptors (Lipinski definition) is 5. The fraction of sp³-hybridized carbons (Fsp3) is 0.786. The van der Waals surface area contributed by atoms with Crippen LogP contribution in [0, 0.1) is 11.8 Å². The molecule has 1 rings (SSSR count). The number of carboxylic acid groups (broad SMARTS) is 1. The van der Waals surface area contributed by atoms with Gasteiger partial charge in [0, 0.05) is 12.2 Å². The number of rotatable bonds is 9. The second kappa shape index (κ2) is 8.81. The van der Waals surface area contributed by atoms with Crippen LogP contribution in [0.25, 0.3) is 0 Å². The zero-order valence-corrected chi connectivity index (χ0v) is 11.6. The first-order chi connectivity index (χ1) is 9.57. The fourth-order valence-electron chi connectivity index (χ4n) is 2.86. The highest BCUT2D eigenvalue weighted by molar-refractivity contribution is 5.74. The molecule has 1 aliphatic rings. The molecule has 6 nitrogen and oxygen atoms in total. The van der Waals surface area contributed by atoms with Crippen LogP contribution in [0.5, 0.6) is 0 Å². The van der Waals surface area contributed by atoms with Crippen LogP contribution in [-0.4, -0.2) is 46.2 Å². The SMILES string of the molecule is O=C(O)[C@H](C(CCCOCCO)=C(O)O)C1CCCC1. The number of aliphatic hydroxyl groups excluding tert-OH is 2. The van der Waals surface area contributed by atoms with Gasteiger partial charge in [0.1, 0.15) is 0 Å². The molecular formula is C14H24O6. The third kappa shape index (κ3) is 5.02. The van der Waals surface area contributed by atoms with Crippen LogP contribution in [0.3, 0.4) is 0 Å². The van der Waals surface area contributed by atoms with Gasteiger partial charge in [-0.1, -0.05) is 12.8 Å². The first-order valence-electron chi connectivity index (χ1n) is 7.10. The van der Waals surface area contributed by atoms with Gasteiger partial charge >= 0.3 is 5.97 Å². The lowest BCUT2D eigenvalue weighted by Gasteiger charge is -2.22. The van der Waals surface area contributed by atoms with Crippen LogP contribution in [0.15, 0.2) is 11.5 Å². The maximum absolute atomic E-state index is 11.4. The van der Waals surface area contributed by atoms with E-state index in [1.54, 1.807) is 0 Å². The summed E-state index contributed by atoms with van der Waals surface area (Å²) in [5, 5.41) is 36.7. The maximum Gasteiger partial charge on any atom is 0.311 e. The van der Waals surface area contributed by atoms with Crippen LogP contribution >= 0.6 is 0 Å². The van der Waals surface area contributed by atoms with E-state index in [4.69, 9.17) is 9.84 Å². The lowest BCUT2D eigenvalue weighted by Crippen LogP contribution is -2.25. The van der Waals surface area contributed by atoms with Gasteiger partial charge in [-0.15, -0.1) is 0 Å². The van der Waals surface area contributed by atoms with Crippen molar-refractivity contribution in [1.82, 2.24) is 0 Å². The van der Waals surface area contributed by atoms with Crippen LogP contribution in [-0.2, 0) is 9.53 Å². The molecule has 0 heterocycles. The molecule has 0 aliphatic heterocycles. The van der Waals surface area contributed by atoms with E-state index >= 15 is 0 Å². The van der Waals surface area contributed by atoms with Gasteiger partial charge in [0.15, 0.2) is 0 Å². The topological polar surface area (TPSA) is 107 Å². The molecule has 0 aromatic carbocycles. The van der Waals surface area contributed by atoms with E-state index in [0.29, 0.717) is 13.0 Å². The Labute approximate surface area is 118 Å². The van der Waals surface area contributed by atoms with Crippen LogP contribution in [0.2, 0.25) is 0 Å².